The lowest BCUT2D eigenvalue weighted by molar-refractivity contribution is -0.144. The van der Waals surface area contributed by atoms with E-state index < -0.39 is 47.7 Å². The molecule has 170 valence electrons. The Morgan fingerprint density at radius 1 is 0.818 bits per heavy atom. The highest BCUT2D eigenvalue weighted by Crippen LogP contribution is 2.12. The Kier molecular flexibility index (Phi) is 8.24. The fourth-order valence-corrected chi connectivity index (χ4v) is 2.98. The van der Waals surface area contributed by atoms with Gasteiger partial charge in [0.05, 0.1) is 5.56 Å². The number of ether oxygens (including phenoxy) is 2. The number of esters is 1. The van der Waals surface area contributed by atoms with Gasteiger partial charge in [-0.2, -0.15) is 0 Å². The third-order valence-corrected chi connectivity index (χ3v) is 4.65. The van der Waals surface area contributed by atoms with E-state index in [9.17, 15) is 23.2 Å². The first-order valence-electron chi connectivity index (χ1n) is 10.1. The molecule has 0 bridgehead atoms. The molecule has 33 heavy (non-hydrogen) atoms. The molecule has 1 atom stereocenters. The molecule has 0 spiro atoms. The maximum absolute atomic E-state index is 13.8. The van der Waals surface area contributed by atoms with E-state index in [1.54, 1.807) is 54.6 Å². The van der Waals surface area contributed by atoms with Gasteiger partial charge in [-0.1, -0.05) is 60.7 Å². The minimum atomic E-state index is -1.17. The largest absolute Gasteiger partial charge is 0.456 e. The number of ketones is 1. The van der Waals surface area contributed by atoms with Crippen molar-refractivity contribution in [3.63, 3.8) is 0 Å². The van der Waals surface area contributed by atoms with Crippen LogP contribution in [0.5, 0.6) is 0 Å². The normalized spacial score (nSPS) is 11.3. The second kappa shape index (κ2) is 11.5. The van der Waals surface area contributed by atoms with Crippen LogP contribution >= 0.6 is 0 Å². The number of amides is 1. The summed E-state index contributed by atoms with van der Waals surface area (Å²) < 4.78 is 37.3. The summed E-state index contributed by atoms with van der Waals surface area (Å²) in [5.41, 5.74) is 0.959. The van der Waals surface area contributed by atoms with Crippen molar-refractivity contribution in [2.24, 2.45) is 0 Å². The lowest BCUT2D eigenvalue weighted by Crippen LogP contribution is -2.44. The number of alkyl carbamates (subject to hydrolysis) is 1. The van der Waals surface area contributed by atoms with Crippen LogP contribution in [0, 0.1) is 11.6 Å². The molecule has 0 heterocycles. The SMILES string of the molecule is O=C(N[C@@H](Cc1ccccc1)C(=O)OCC(=O)c1cc(F)ccc1F)OCc1ccccc1. The molecule has 3 aromatic carbocycles. The quantitative estimate of drug-likeness (QED) is 0.387. The number of hydrogen-bond donors (Lipinski definition) is 1. The maximum Gasteiger partial charge on any atom is 0.408 e. The molecule has 0 aliphatic carbocycles. The zero-order chi connectivity index (χ0) is 23.6. The summed E-state index contributed by atoms with van der Waals surface area (Å²) in [4.78, 5) is 37.1. The number of halogens is 2. The summed E-state index contributed by atoms with van der Waals surface area (Å²) in [6, 6.07) is 19.1. The summed E-state index contributed by atoms with van der Waals surface area (Å²) in [6.07, 6.45) is -0.776. The highest BCUT2D eigenvalue weighted by atomic mass is 19.1. The topological polar surface area (TPSA) is 81.7 Å². The van der Waals surface area contributed by atoms with Crippen LogP contribution in [0.1, 0.15) is 21.5 Å². The Labute approximate surface area is 189 Å². The number of hydrogen-bond acceptors (Lipinski definition) is 5. The molecule has 1 amide bonds. The first-order valence-corrected chi connectivity index (χ1v) is 10.1. The summed E-state index contributed by atoms with van der Waals surface area (Å²) in [6.45, 7) is -0.817. The Morgan fingerprint density at radius 2 is 1.45 bits per heavy atom. The molecule has 0 fully saturated rings. The number of benzene rings is 3. The van der Waals surface area contributed by atoms with Crippen LogP contribution in [0.15, 0.2) is 78.9 Å². The van der Waals surface area contributed by atoms with Gasteiger partial charge in [0.2, 0.25) is 5.78 Å². The van der Waals surface area contributed by atoms with Crippen LogP contribution in [0.3, 0.4) is 0 Å². The van der Waals surface area contributed by atoms with Crippen molar-refractivity contribution in [2.75, 3.05) is 6.61 Å². The molecule has 3 rings (SSSR count). The van der Waals surface area contributed by atoms with Gasteiger partial charge in [0, 0.05) is 6.42 Å². The van der Waals surface area contributed by atoms with E-state index >= 15 is 0 Å². The minimum absolute atomic E-state index is 0.00287. The van der Waals surface area contributed by atoms with Gasteiger partial charge < -0.3 is 14.8 Å². The fraction of sp³-hybridized carbons (Fsp3) is 0.160. The smallest absolute Gasteiger partial charge is 0.408 e. The third kappa shape index (κ3) is 7.24. The predicted octanol–water partition coefficient (Wildman–Crippen LogP) is 4.23. The molecule has 0 saturated carbocycles. The molecule has 1 N–H and O–H groups in total. The molecular formula is C25H21F2NO5. The number of rotatable bonds is 9. The summed E-state index contributed by atoms with van der Waals surface area (Å²) in [5.74, 6) is -3.55. The molecule has 0 aliphatic heterocycles. The minimum Gasteiger partial charge on any atom is -0.456 e. The van der Waals surface area contributed by atoms with E-state index in [1.807, 2.05) is 6.07 Å². The Morgan fingerprint density at radius 3 is 2.12 bits per heavy atom. The van der Waals surface area contributed by atoms with E-state index in [2.05, 4.69) is 5.32 Å². The van der Waals surface area contributed by atoms with Gasteiger partial charge >= 0.3 is 12.1 Å². The Balaban J connectivity index is 1.63. The lowest BCUT2D eigenvalue weighted by Gasteiger charge is -2.18. The molecular weight excluding hydrogens is 432 g/mol. The van der Waals surface area contributed by atoms with Crippen LogP contribution in [-0.4, -0.2) is 30.5 Å². The number of Topliss-reactive ketones (excluding diaryl/α,β-unsaturated/α-hetero) is 1. The van der Waals surface area contributed by atoms with Crippen molar-refractivity contribution in [2.45, 2.75) is 19.1 Å². The average molecular weight is 453 g/mol. The average Bonchev–Trinajstić information content (AvgIpc) is 2.83. The van der Waals surface area contributed by atoms with Crippen molar-refractivity contribution < 1.29 is 32.6 Å². The van der Waals surface area contributed by atoms with Crippen LogP contribution < -0.4 is 5.32 Å². The van der Waals surface area contributed by atoms with E-state index in [0.29, 0.717) is 0 Å². The predicted molar refractivity (Wildman–Crippen MR) is 115 cm³/mol. The Bertz CT molecular complexity index is 1110. The highest BCUT2D eigenvalue weighted by molar-refractivity contribution is 5.98. The van der Waals surface area contributed by atoms with Crippen LogP contribution in [0.2, 0.25) is 0 Å². The number of nitrogens with one attached hydrogen (secondary N) is 1. The number of carbonyl (C=O) groups excluding carboxylic acids is 3. The molecule has 0 radical (unpaired) electrons. The van der Waals surface area contributed by atoms with Crippen molar-refractivity contribution in [1.82, 2.24) is 5.32 Å². The van der Waals surface area contributed by atoms with Gasteiger partial charge in [-0.05, 0) is 29.3 Å². The van der Waals surface area contributed by atoms with Crippen LogP contribution in [0.25, 0.3) is 0 Å². The monoisotopic (exact) mass is 453 g/mol. The fourth-order valence-electron chi connectivity index (χ4n) is 2.98. The first kappa shape index (κ1) is 23.6. The molecule has 3 aromatic rings. The molecule has 6 nitrogen and oxygen atoms in total. The van der Waals surface area contributed by atoms with Gasteiger partial charge in [-0.15, -0.1) is 0 Å². The maximum atomic E-state index is 13.8. The molecule has 0 aliphatic rings. The highest BCUT2D eigenvalue weighted by Gasteiger charge is 2.25. The van der Waals surface area contributed by atoms with Crippen molar-refractivity contribution in [3.8, 4) is 0 Å². The first-order chi connectivity index (χ1) is 15.9. The third-order valence-electron chi connectivity index (χ3n) is 4.65. The van der Waals surface area contributed by atoms with Crippen LogP contribution in [0.4, 0.5) is 13.6 Å². The lowest BCUT2D eigenvalue weighted by atomic mass is 10.1. The standard InChI is InChI=1S/C25H21F2NO5/c26-19-11-12-21(27)20(14-19)23(29)16-32-24(30)22(13-17-7-3-1-4-8-17)28-25(31)33-15-18-9-5-2-6-10-18/h1-12,14,22H,13,15-16H2,(H,28,31)/t22-/m0/s1. The van der Waals surface area contributed by atoms with Gasteiger partial charge in [-0.25, -0.2) is 18.4 Å². The van der Waals surface area contributed by atoms with Crippen molar-refractivity contribution >= 4 is 17.8 Å². The van der Waals surface area contributed by atoms with Gasteiger partial charge in [-0.3, -0.25) is 4.79 Å². The molecule has 0 aromatic heterocycles. The van der Waals surface area contributed by atoms with E-state index in [-0.39, 0.29) is 13.0 Å². The summed E-state index contributed by atoms with van der Waals surface area (Å²) >= 11 is 0. The zero-order valence-electron chi connectivity index (χ0n) is 17.5. The van der Waals surface area contributed by atoms with Crippen molar-refractivity contribution in [3.05, 3.63) is 107 Å². The molecule has 0 saturated heterocycles. The number of carbonyl (C=O) groups is 3. The Hall–Kier alpha value is -4.07. The second-order valence-electron chi connectivity index (χ2n) is 7.10. The van der Waals surface area contributed by atoms with Crippen molar-refractivity contribution in [1.29, 1.82) is 0 Å². The second-order valence-corrected chi connectivity index (χ2v) is 7.10. The van der Waals surface area contributed by atoms with E-state index in [4.69, 9.17) is 9.47 Å². The van der Waals surface area contributed by atoms with E-state index in [0.717, 1.165) is 29.3 Å². The van der Waals surface area contributed by atoms with Crippen LogP contribution in [-0.2, 0) is 27.3 Å². The molecule has 0 unspecified atom stereocenters. The van der Waals surface area contributed by atoms with Gasteiger partial charge in [0.15, 0.2) is 6.61 Å². The summed E-state index contributed by atoms with van der Waals surface area (Å²) in [7, 11) is 0. The van der Waals surface area contributed by atoms with Gasteiger partial charge in [0.25, 0.3) is 0 Å². The van der Waals surface area contributed by atoms with Gasteiger partial charge in [0.1, 0.15) is 24.3 Å². The zero-order valence-corrected chi connectivity index (χ0v) is 17.5. The van der Waals surface area contributed by atoms with E-state index in [1.165, 1.54) is 0 Å². The molecule has 8 heteroatoms. The summed E-state index contributed by atoms with van der Waals surface area (Å²) in [5, 5.41) is 2.44.